The molecule has 2 aromatic rings. The summed E-state index contributed by atoms with van der Waals surface area (Å²) >= 11 is 0. The number of carbonyl (C=O) groups excluding carboxylic acids is 1. The Balaban J connectivity index is 1.91. The fourth-order valence-electron chi connectivity index (χ4n) is 3.50. The van der Waals surface area contributed by atoms with Crippen molar-refractivity contribution in [2.45, 2.75) is 30.5 Å². The zero-order chi connectivity index (χ0) is 13.6. The molecule has 2 atom stereocenters. The van der Waals surface area contributed by atoms with Crippen LogP contribution in [0.1, 0.15) is 24.0 Å². The number of rotatable bonds is 2. The molecule has 0 bridgehead atoms. The zero-order valence-electron chi connectivity index (χ0n) is 11.2. The van der Waals surface area contributed by atoms with Gasteiger partial charge in [0, 0.05) is 0 Å². The van der Waals surface area contributed by atoms with Gasteiger partial charge in [-0.25, -0.2) is 0 Å². The SMILES string of the molecule is O=C1C2OC2CCC1(c1ccccc1)c1ccccc1. The van der Waals surface area contributed by atoms with E-state index in [4.69, 9.17) is 4.74 Å². The molecule has 1 saturated carbocycles. The lowest BCUT2D eigenvalue weighted by Gasteiger charge is -2.35. The molecule has 1 aliphatic carbocycles. The van der Waals surface area contributed by atoms with Crippen molar-refractivity contribution < 1.29 is 9.53 Å². The number of hydrogen-bond donors (Lipinski definition) is 0. The molecular formula is C18H16O2. The van der Waals surface area contributed by atoms with Crippen LogP contribution in [0.4, 0.5) is 0 Å². The normalized spacial score (nSPS) is 26.9. The van der Waals surface area contributed by atoms with Crippen molar-refractivity contribution in [2.24, 2.45) is 0 Å². The van der Waals surface area contributed by atoms with E-state index in [0.29, 0.717) is 0 Å². The van der Waals surface area contributed by atoms with E-state index < -0.39 is 5.41 Å². The summed E-state index contributed by atoms with van der Waals surface area (Å²) in [6.45, 7) is 0. The van der Waals surface area contributed by atoms with Gasteiger partial charge in [0.05, 0.1) is 11.5 Å². The molecule has 2 nitrogen and oxygen atoms in total. The van der Waals surface area contributed by atoms with Gasteiger partial charge in [0.15, 0.2) is 5.78 Å². The van der Waals surface area contributed by atoms with Crippen molar-refractivity contribution in [1.82, 2.24) is 0 Å². The maximum Gasteiger partial charge on any atom is 0.179 e. The molecular weight excluding hydrogens is 248 g/mol. The highest BCUT2D eigenvalue weighted by atomic mass is 16.6. The molecule has 20 heavy (non-hydrogen) atoms. The maximum atomic E-state index is 13.0. The first-order valence-electron chi connectivity index (χ1n) is 7.13. The Morgan fingerprint density at radius 1 is 0.900 bits per heavy atom. The molecule has 2 aromatic carbocycles. The van der Waals surface area contributed by atoms with Crippen LogP contribution in [-0.2, 0) is 14.9 Å². The minimum absolute atomic E-state index is 0.169. The number of fused-ring (bicyclic) bond motifs is 1. The van der Waals surface area contributed by atoms with E-state index in [1.54, 1.807) is 0 Å². The number of carbonyl (C=O) groups is 1. The number of benzene rings is 2. The second kappa shape index (κ2) is 4.29. The molecule has 0 aromatic heterocycles. The molecule has 0 N–H and O–H groups in total. The summed E-state index contributed by atoms with van der Waals surface area (Å²) in [5, 5.41) is 0. The maximum absolute atomic E-state index is 13.0. The van der Waals surface area contributed by atoms with Crippen LogP contribution in [0.15, 0.2) is 60.7 Å². The molecule has 2 unspecified atom stereocenters. The first-order chi connectivity index (χ1) is 9.82. The fraction of sp³-hybridized carbons (Fsp3) is 0.278. The number of hydrogen-bond acceptors (Lipinski definition) is 2. The highest BCUT2D eigenvalue weighted by Gasteiger charge is 2.58. The molecule has 1 heterocycles. The Labute approximate surface area is 118 Å². The number of Topliss-reactive ketones (excluding diaryl/α,β-unsaturated/α-hetero) is 1. The average molecular weight is 264 g/mol. The van der Waals surface area contributed by atoms with Crippen LogP contribution in [0.3, 0.4) is 0 Å². The number of ether oxygens (including phenoxy) is 1. The van der Waals surface area contributed by atoms with Gasteiger partial charge in [-0.15, -0.1) is 0 Å². The van der Waals surface area contributed by atoms with Crippen LogP contribution in [0.25, 0.3) is 0 Å². The van der Waals surface area contributed by atoms with Crippen molar-refractivity contribution in [3.63, 3.8) is 0 Å². The van der Waals surface area contributed by atoms with Crippen molar-refractivity contribution in [1.29, 1.82) is 0 Å². The van der Waals surface area contributed by atoms with Crippen LogP contribution >= 0.6 is 0 Å². The summed E-state index contributed by atoms with van der Waals surface area (Å²) in [6.07, 6.45) is 1.77. The van der Waals surface area contributed by atoms with E-state index in [1.807, 2.05) is 36.4 Å². The van der Waals surface area contributed by atoms with Gasteiger partial charge in [-0.3, -0.25) is 4.79 Å². The molecule has 2 aliphatic rings. The average Bonchev–Trinajstić information content (AvgIpc) is 3.30. The topological polar surface area (TPSA) is 29.6 Å². The van der Waals surface area contributed by atoms with E-state index in [9.17, 15) is 4.79 Å². The standard InChI is InChI=1S/C18H16O2/c19-17-16-15(20-16)11-12-18(17,13-7-3-1-4-8-13)14-9-5-2-6-10-14/h1-10,15-16H,11-12H2. The summed E-state index contributed by atoms with van der Waals surface area (Å²) in [4.78, 5) is 13.0. The lowest BCUT2D eigenvalue weighted by molar-refractivity contribution is -0.125. The largest absolute Gasteiger partial charge is 0.361 e. The molecule has 0 amide bonds. The van der Waals surface area contributed by atoms with Gasteiger partial charge in [0.1, 0.15) is 6.10 Å². The zero-order valence-corrected chi connectivity index (χ0v) is 11.2. The Morgan fingerprint density at radius 2 is 1.45 bits per heavy atom. The lowest BCUT2D eigenvalue weighted by Crippen LogP contribution is -2.43. The summed E-state index contributed by atoms with van der Waals surface area (Å²) in [7, 11) is 0. The highest BCUT2D eigenvalue weighted by molar-refractivity contribution is 5.99. The van der Waals surface area contributed by atoms with Crippen LogP contribution in [0, 0.1) is 0 Å². The Kier molecular flexibility index (Phi) is 2.54. The fourth-order valence-corrected chi connectivity index (χ4v) is 3.50. The summed E-state index contributed by atoms with van der Waals surface area (Å²) in [5.41, 5.74) is 1.65. The van der Waals surface area contributed by atoms with Crippen LogP contribution in [-0.4, -0.2) is 18.0 Å². The third kappa shape index (κ3) is 1.58. The summed E-state index contributed by atoms with van der Waals surface area (Å²) < 4.78 is 5.54. The van der Waals surface area contributed by atoms with Gasteiger partial charge in [-0.05, 0) is 24.0 Å². The molecule has 2 heteroatoms. The Bertz CT molecular complexity index is 593. The first kappa shape index (κ1) is 11.9. The van der Waals surface area contributed by atoms with Crippen LogP contribution in [0.2, 0.25) is 0 Å². The lowest BCUT2D eigenvalue weighted by atomic mass is 9.64. The van der Waals surface area contributed by atoms with Crippen molar-refractivity contribution >= 4 is 5.78 Å². The molecule has 4 rings (SSSR count). The van der Waals surface area contributed by atoms with Gasteiger partial charge < -0.3 is 4.74 Å². The van der Waals surface area contributed by atoms with E-state index >= 15 is 0 Å². The predicted molar refractivity (Wildman–Crippen MR) is 76.6 cm³/mol. The summed E-state index contributed by atoms with van der Waals surface area (Å²) in [5.74, 6) is 0.228. The second-order valence-corrected chi connectivity index (χ2v) is 5.64. The minimum atomic E-state index is -0.528. The number of ketones is 1. The summed E-state index contributed by atoms with van der Waals surface area (Å²) in [6, 6.07) is 20.3. The van der Waals surface area contributed by atoms with Gasteiger partial charge in [-0.2, -0.15) is 0 Å². The quantitative estimate of drug-likeness (QED) is 0.780. The molecule has 0 radical (unpaired) electrons. The highest BCUT2D eigenvalue weighted by Crippen LogP contribution is 2.48. The van der Waals surface area contributed by atoms with Crippen molar-refractivity contribution in [3.05, 3.63) is 71.8 Å². The van der Waals surface area contributed by atoms with Crippen LogP contribution in [0.5, 0.6) is 0 Å². The van der Waals surface area contributed by atoms with Gasteiger partial charge in [0.25, 0.3) is 0 Å². The monoisotopic (exact) mass is 264 g/mol. The van der Waals surface area contributed by atoms with E-state index in [1.165, 1.54) is 0 Å². The van der Waals surface area contributed by atoms with E-state index in [0.717, 1.165) is 24.0 Å². The first-order valence-corrected chi connectivity index (χ1v) is 7.13. The van der Waals surface area contributed by atoms with E-state index in [-0.39, 0.29) is 18.0 Å². The molecule has 0 spiro atoms. The smallest absolute Gasteiger partial charge is 0.179 e. The van der Waals surface area contributed by atoms with Gasteiger partial charge in [-0.1, -0.05) is 60.7 Å². The van der Waals surface area contributed by atoms with Gasteiger partial charge in [0.2, 0.25) is 0 Å². The Hall–Kier alpha value is -1.93. The third-order valence-electron chi connectivity index (χ3n) is 4.60. The van der Waals surface area contributed by atoms with Crippen LogP contribution < -0.4 is 0 Å². The second-order valence-electron chi connectivity index (χ2n) is 5.64. The molecule has 1 aliphatic heterocycles. The molecule has 2 fully saturated rings. The minimum Gasteiger partial charge on any atom is -0.361 e. The Morgan fingerprint density at radius 3 is 2.00 bits per heavy atom. The number of epoxide rings is 1. The van der Waals surface area contributed by atoms with E-state index in [2.05, 4.69) is 24.3 Å². The predicted octanol–water partition coefficient (Wildman–Crippen LogP) is 3.10. The van der Waals surface area contributed by atoms with Crippen molar-refractivity contribution in [2.75, 3.05) is 0 Å². The molecule has 100 valence electrons. The molecule has 1 saturated heterocycles. The third-order valence-corrected chi connectivity index (χ3v) is 4.60. The van der Waals surface area contributed by atoms with Crippen molar-refractivity contribution in [3.8, 4) is 0 Å². The van der Waals surface area contributed by atoms with Gasteiger partial charge >= 0.3 is 0 Å².